The molecule has 4 aromatic carbocycles. The molecule has 63 heavy (non-hydrogen) atoms. The number of halogens is 1. The Hall–Kier alpha value is -5.41. The van der Waals surface area contributed by atoms with Crippen LogP contribution in [0.4, 0.5) is 17.1 Å². The maximum absolute atomic E-state index is 14.0. The number of methoxy groups -OCH3 is 1. The first-order valence-corrected chi connectivity index (χ1v) is 23.6. The minimum Gasteiger partial charge on any atom is -0.456 e. The molecular weight excluding hydrogens is 840 g/mol. The van der Waals surface area contributed by atoms with E-state index in [0.29, 0.717) is 18.2 Å². The molecule has 3 aliphatic rings. The number of piperazine rings is 1. The Morgan fingerprint density at radius 3 is 2.44 bits per heavy atom. The Kier molecular flexibility index (Phi) is 13.2. The Bertz CT molecular complexity index is 2610. The van der Waals surface area contributed by atoms with Gasteiger partial charge < -0.3 is 24.7 Å². The average Bonchev–Trinajstić information content (AvgIpc) is 3.75. The highest BCUT2D eigenvalue weighted by Crippen LogP contribution is 2.43. The number of carbonyl (C=O) groups is 1. The molecule has 0 unspecified atom stereocenters. The molecule has 3 N–H and O–H groups in total. The summed E-state index contributed by atoms with van der Waals surface area (Å²) in [5, 5.41) is 17.0. The zero-order valence-corrected chi connectivity index (χ0v) is 37.6. The molecule has 1 saturated heterocycles. The fourth-order valence-electron chi connectivity index (χ4n) is 9.14. The summed E-state index contributed by atoms with van der Waals surface area (Å²) in [6, 6.07) is 24.4. The van der Waals surface area contributed by atoms with E-state index in [0.717, 1.165) is 105 Å². The van der Waals surface area contributed by atoms with E-state index < -0.39 is 31.4 Å². The van der Waals surface area contributed by atoms with E-state index in [-0.39, 0.29) is 28.5 Å². The van der Waals surface area contributed by atoms with Crippen LogP contribution in [0.1, 0.15) is 74.7 Å². The summed E-state index contributed by atoms with van der Waals surface area (Å²) >= 11 is 6.25. The van der Waals surface area contributed by atoms with Gasteiger partial charge in [0.1, 0.15) is 17.2 Å². The number of benzene rings is 4. The molecule has 1 aromatic heterocycles. The summed E-state index contributed by atoms with van der Waals surface area (Å²) in [4.78, 5) is 33.0. The number of nitro groups is 1. The molecule has 0 atom stereocenters. The van der Waals surface area contributed by atoms with Gasteiger partial charge in [0.25, 0.3) is 21.6 Å². The number of rotatable bonds is 14. The summed E-state index contributed by atoms with van der Waals surface area (Å²) in [5.41, 5.74) is 5.91. The third-order valence-corrected chi connectivity index (χ3v) is 14.5. The summed E-state index contributed by atoms with van der Waals surface area (Å²) in [7, 11) is -2.84. The number of ether oxygens (including phenoxy) is 2. The van der Waals surface area contributed by atoms with E-state index in [2.05, 4.69) is 50.8 Å². The lowest BCUT2D eigenvalue weighted by Crippen LogP contribution is -2.47. The Morgan fingerprint density at radius 1 is 0.952 bits per heavy atom. The molecule has 2 fully saturated rings. The zero-order valence-electron chi connectivity index (χ0n) is 36.0. The van der Waals surface area contributed by atoms with Gasteiger partial charge in [0.05, 0.1) is 21.5 Å². The smallest absolute Gasteiger partial charge is 0.293 e. The normalized spacial score (nSPS) is 19.5. The van der Waals surface area contributed by atoms with Crippen LogP contribution in [0.15, 0.2) is 102 Å². The fraction of sp³-hybridized carbons (Fsp3) is 0.396. The number of aromatic nitrogens is 1. The highest BCUT2D eigenvalue weighted by atomic mass is 35.5. The molecule has 0 spiro atoms. The van der Waals surface area contributed by atoms with E-state index in [4.69, 9.17) is 21.1 Å². The van der Waals surface area contributed by atoms with Gasteiger partial charge in [0.15, 0.2) is 0 Å². The number of hydrogen-bond donors (Lipinski definition) is 3. The number of amides is 1. The predicted octanol–water partition coefficient (Wildman–Crippen LogP) is 10.0. The molecule has 0 bridgehead atoms. The second-order valence-corrected chi connectivity index (χ2v) is 20.0. The predicted molar refractivity (Wildman–Crippen MR) is 248 cm³/mol. The Labute approximate surface area is 374 Å². The van der Waals surface area contributed by atoms with Gasteiger partial charge in [0.2, 0.25) is 0 Å². The fourth-order valence-corrected chi connectivity index (χ4v) is 10.3. The number of nitrogens with one attached hydrogen (secondary N) is 3. The lowest BCUT2D eigenvalue weighted by Gasteiger charge is -2.39. The first-order valence-electron chi connectivity index (χ1n) is 21.7. The van der Waals surface area contributed by atoms with Crippen LogP contribution < -0.4 is 19.7 Å². The average molecular weight is 896 g/mol. The van der Waals surface area contributed by atoms with E-state index in [9.17, 15) is 23.3 Å². The number of aromatic amines is 1. The quantitative estimate of drug-likeness (QED) is 0.0724. The van der Waals surface area contributed by atoms with Crippen molar-refractivity contribution in [1.29, 1.82) is 0 Å². The van der Waals surface area contributed by atoms with Crippen molar-refractivity contribution in [3.8, 4) is 11.5 Å². The molecule has 8 rings (SSSR count). The molecule has 15 heteroatoms. The number of anilines is 2. The number of H-pyrrole nitrogens is 1. The van der Waals surface area contributed by atoms with Crippen molar-refractivity contribution >= 4 is 61.1 Å². The van der Waals surface area contributed by atoms with Crippen LogP contribution in [0.5, 0.6) is 11.5 Å². The van der Waals surface area contributed by atoms with Gasteiger partial charge in [-0.3, -0.25) is 19.8 Å². The molecule has 5 aromatic rings. The molecule has 13 nitrogen and oxygen atoms in total. The molecule has 2 aliphatic carbocycles. The molecular formula is C48H55ClN6O7S. The summed E-state index contributed by atoms with van der Waals surface area (Å²) in [6.45, 7) is 9.21. The van der Waals surface area contributed by atoms with E-state index in [1.54, 1.807) is 31.4 Å². The monoisotopic (exact) mass is 894 g/mol. The summed E-state index contributed by atoms with van der Waals surface area (Å²) in [6.07, 6.45) is 8.94. The first kappa shape index (κ1) is 44.2. The number of hydrogen-bond acceptors (Lipinski definition) is 10. The van der Waals surface area contributed by atoms with Crippen molar-refractivity contribution in [3.63, 3.8) is 0 Å². The Morgan fingerprint density at radius 2 is 1.71 bits per heavy atom. The number of allylic oxidation sites excluding steroid dienone is 1. The number of fused-ring (bicyclic) bond motifs is 1. The number of nitro benzene ring substituents is 1. The number of carbonyl (C=O) groups excluding carboxylic acids is 1. The van der Waals surface area contributed by atoms with Crippen LogP contribution in [0, 0.1) is 21.4 Å². The highest BCUT2D eigenvalue weighted by molar-refractivity contribution is 7.90. The second-order valence-electron chi connectivity index (χ2n) is 17.8. The minimum atomic E-state index is -4.55. The van der Waals surface area contributed by atoms with Crippen LogP contribution in [-0.2, 0) is 14.8 Å². The van der Waals surface area contributed by atoms with Crippen LogP contribution in [0.3, 0.4) is 0 Å². The van der Waals surface area contributed by atoms with E-state index in [1.807, 2.05) is 36.5 Å². The van der Waals surface area contributed by atoms with Crippen LogP contribution in [-0.4, -0.2) is 81.6 Å². The van der Waals surface area contributed by atoms with Gasteiger partial charge in [0, 0.05) is 86.3 Å². The molecule has 1 saturated carbocycles. The van der Waals surface area contributed by atoms with Crippen molar-refractivity contribution in [2.24, 2.45) is 11.3 Å². The van der Waals surface area contributed by atoms with Crippen LogP contribution in [0.2, 0.25) is 5.02 Å². The maximum Gasteiger partial charge on any atom is 0.293 e. The van der Waals surface area contributed by atoms with Gasteiger partial charge in [-0.2, -0.15) is 0 Å². The number of nitrogens with zero attached hydrogens (tertiary/aromatic N) is 3. The highest BCUT2D eigenvalue weighted by Gasteiger charge is 2.31. The lowest BCUT2D eigenvalue weighted by molar-refractivity contribution is -0.384. The maximum atomic E-state index is 14.0. The van der Waals surface area contributed by atoms with Gasteiger partial charge in [-0.05, 0) is 128 Å². The summed E-state index contributed by atoms with van der Waals surface area (Å²) < 4.78 is 41.5. The van der Waals surface area contributed by atoms with Gasteiger partial charge in [-0.25, -0.2) is 13.1 Å². The number of sulfonamides is 1. The molecule has 0 radical (unpaired) electrons. The standard InChI is InChI=1S/C48H55ClN6O7S/c1-48(2)20-18-35(42(29-48)33-6-8-36(49)9-7-33)31-53-22-24-54(25-23-53)37-10-15-41(46(27-37)62-39-13-16-43-34(26-39)19-21-50-43)47(56)52-63(59,60)40-14-17-44(45(28-40)55(57)58)51-30-32-4-11-38(61-3)12-5-32/h6-10,13-17,19,21,26-28,32,38,50-51H,4-5,11-12,18,20,22-25,29-31H2,1-3H3,(H,52,56)/t32-,38+. The van der Waals surface area contributed by atoms with Crippen LogP contribution in [0.25, 0.3) is 16.5 Å². The second kappa shape index (κ2) is 18.7. The van der Waals surface area contributed by atoms with E-state index in [1.165, 1.54) is 28.8 Å². The lowest BCUT2D eigenvalue weighted by atomic mass is 9.72. The zero-order chi connectivity index (χ0) is 44.3. The van der Waals surface area contributed by atoms with Crippen molar-refractivity contribution in [3.05, 3.63) is 123 Å². The Balaban J connectivity index is 0.991. The van der Waals surface area contributed by atoms with Crippen LogP contribution >= 0.6 is 11.6 Å². The molecule has 2 heterocycles. The topological polar surface area (TPSA) is 159 Å². The van der Waals surface area contributed by atoms with Gasteiger partial charge >= 0.3 is 0 Å². The van der Waals surface area contributed by atoms with Crippen molar-refractivity contribution in [2.45, 2.75) is 69.8 Å². The molecule has 1 amide bonds. The third-order valence-electron chi connectivity index (χ3n) is 12.9. The van der Waals surface area contributed by atoms with Gasteiger partial charge in [-0.15, -0.1) is 0 Å². The van der Waals surface area contributed by atoms with Crippen molar-refractivity contribution in [2.75, 3.05) is 56.6 Å². The molecule has 332 valence electrons. The van der Waals surface area contributed by atoms with Crippen molar-refractivity contribution in [1.82, 2.24) is 14.6 Å². The van der Waals surface area contributed by atoms with Gasteiger partial charge in [-0.1, -0.05) is 43.2 Å². The molecule has 1 aliphatic heterocycles. The minimum absolute atomic E-state index is 0.00649. The third kappa shape index (κ3) is 10.5. The summed E-state index contributed by atoms with van der Waals surface area (Å²) in [5.74, 6) is 0.0149. The van der Waals surface area contributed by atoms with E-state index >= 15 is 0 Å². The van der Waals surface area contributed by atoms with Crippen molar-refractivity contribution < 1.29 is 27.6 Å². The first-order chi connectivity index (χ1) is 30.2. The SMILES string of the molecule is CO[C@H]1CC[C@@H](CNc2ccc(S(=O)(=O)NC(=O)c3ccc(N4CCN(CC5=C(c6ccc(Cl)cc6)CC(C)(C)CC5)CC4)cc3Oc3ccc4[nH]ccc4c3)cc2[N+](=O)[O-])CC1. The largest absolute Gasteiger partial charge is 0.456 e.